The number of sulfonamides is 1. The molecule has 0 radical (unpaired) electrons. The summed E-state index contributed by atoms with van der Waals surface area (Å²) >= 11 is 0. The highest BCUT2D eigenvalue weighted by Gasteiger charge is 2.16. The van der Waals surface area contributed by atoms with Crippen LogP contribution in [0.3, 0.4) is 0 Å². The first-order valence-electron chi connectivity index (χ1n) is 10.6. The standard InChI is InChI=1S/C24H27FN4O3S/c1-4-29(5-2)23-13-6-18(15-26-23)16-27-24(30)19-7-9-20(10-8-19)28-33(31,32)21-11-12-22(25)17(3)14-21/h6-15,28H,4-5,16H2,1-3H3,(H,27,30). The Kier molecular flexibility index (Phi) is 7.65. The van der Waals surface area contributed by atoms with Crippen molar-refractivity contribution in [2.45, 2.75) is 32.2 Å². The van der Waals surface area contributed by atoms with E-state index in [9.17, 15) is 17.6 Å². The average Bonchev–Trinajstić information content (AvgIpc) is 2.81. The number of aromatic nitrogens is 1. The molecule has 0 spiro atoms. The maximum Gasteiger partial charge on any atom is 0.261 e. The fourth-order valence-electron chi connectivity index (χ4n) is 3.23. The molecule has 0 fully saturated rings. The first-order valence-corrected chi connectivity index (χ1v) is 12.1. The van der Waals surface area contributed by atoms with Crippen molar-refractivity contribution in [1.82, 2.24) is 10.3 Å². The van der Waals surface area contributed by atoms with E-state index in [4.69, 9.17) is 0 Å². The Morgan fingerprint density at radius 2 is 1.73 bits per heavy atom. The first kappa shape index (κ1) is 24.2. The van der Waals surface area contributed by atoms with Gasteiger partial charge in [-0.1, -0.05) is 6.07 Å². The fraction of sp³-hybridized carbons (Fsp3) is 0.250. The number of amides is 1. The predicted molar refractivity (Wildman–Crippen MR) is 127 cm³/mol. The van der Waals surface area contributed by atoms with Gasteiger partial charge in [0.2, 0.25) is 0 Å². The Hall–Kier alpha value is -3.46. The molecule has 0 saturated carbocycles. The van der Waals surface area contributed by atoms with Gasteiger partial charge < -0.3 is 10.2 Å². The highest BCUT2D eigenvalue weighted by molar-refractivity contribution is 7.92. The highest BCUT2D eigenvalue weighted by Crippen LogP contribution is 2.19. The summed E-state index contributed by atoms with van der Waals surface area (Å²) in [4.78, 5) is 19.0. The smallest absolute Gasteiger partial charge is 0.261 e. The minimum Gasteiger partial charge on any atom is -0.357 e. The van der Waals surface area contributed by atoms with Gasteiger partial charge in [0.25, 0.3) is 15.9 Å². The van der Waals surface area contributed by atoms with Crippen molar-refractivity contribution in [3.8, 4) is 0 Å². The molecular formula is C24H27FN4O3S. The van der Waals surface area contributed by atoms with Gasteiger partial charge in [0.15, 0.2) is 0 Å². The largest absolute Gasteiger partial charge is 0.357 e. The lowest BCUT2D eigenvalue weighted by Crippen LogP contribution is -2.24. The number of anilines is 2. The molecule has 3 aromatic rings. The topological polar surface area (TPSA) is 91.4 Å². The van der Waals surface area contributed by atoms with Crippen LogP contribution in [0.2, 0.25) is 0 Å². The van der Waals surface area contributed by atoms with E-state index in [1.165, 1.54) is 43.3 Å². The van der Waals surface area contributed by atoms with Gasteiger partial charge in [-0.05, 0) is 80.4 Å². The number of hydrogen-bond donors (Lipinski definition) is 2. The highest BCUT2D eigenvalue weighted by atomic mass is 32.2. The second kappa shape index (κ2) is 10.4. The normalized spacial score (nSPS) is 11.2. The number of rotatable bonds is 9. The van der Waals surface area contributed by atoms with E-state index in [0.29, 0.717) is 17.8 Å². The van der Waals surface area contributed by atoms with Crippen LogP contribution in [0.15, 0.2) is 65.7 Å². The van der Waals surface area contributed by atoms with E-state index in [0.717, 1.165) is 30.5 Å². The number of halogens is 1. The molecule has 33 heavy (non-hydrogen) atoms. The monoisotopic (exact) mass is 470 g/mol. The van der Waals surface area contributed by atoms with Crippen LogP contribution >= 0.6 is 0 Å². The molecule has 0 aliphatic carbocycles. The minimum absolute atomic E-state index is 0.0381. The number of nitrogens with zero attached hydrogens (tertiary/aromatic N) is 2. The summed E-state index contributed by atoms with van der Waals surface area (Å²) in [6, 6.07) is 13.5. The Balaban J connectivity index is 1.60. The molecule has 2 N–H and O–H groups in total. The number of carbonyl (C=O) groups excluding carboxylic acids is 1. The molecular weight excluding hydrogens is 443 g/mol. The quantitative estimate of drug-likeness (QED) is 0.491. The summed E-state index contributed by atoms with van der Waals surface area (Å²) in [6.45, 7) is 7.70. The van der Waals surface area contributed by atoms with Crippen molar-refractivity contribution < 1.29 is 17.6 Å². The Labute approximate surface area is 193 Å². The number of pyridine rings is 1. The minimum atomic E-state index is -3.87. The summed E-state index contributed by atoms with van der Waals surface area (Å²) in [5.41, 5.74) is 1.80. The predicted octanol–water partition coefficient (Wildman–Crippen LogP) is 4.11. The fourth-order valence-corrected chi connectivity index (χ4v) is 4.37. The van der Waals surface area contributed by atoms with Gasteiger partial charge in [-0.3, -0.25) is 9.52 Å². The summed E-state index contributed by atoms with van der Waals surface area (Å²) < 4.78 is 40.9. The third kappa shape index (κ3) is 6.07. The van der Waals surface area contributed by atoms with Crippen LogP contribution in [0.1, 0.15) is 35.3 Å². The van der Waals surface area contributed by atoms with Gasteiger partial charge in [-0.25, -0.2) is 17.8 Å². The summed E-state index contributed by atoms with van der Waals surface area (Å²) in [5.74, 6) is 0.134. The van der Waals surface area contributed by atoms with Crippen LogP contribution in [0, 0.1) is 12.7 Å². The molecule has 174 valence electrons. The van der Waals surface area contributed by atoms with E-state index in [1.54, 1.807) is 6.20 Å². The molecule has 0 aliphatic rings. The van der Waals surface area contributed by atoms with Crippen molar-refractivity contribution in [2.75, 3.05) is 22.7 Å². The third-order valence-corrected chi connectivity index (χ3v) is 6.57. The Morgan fingerprint density at radius 1 is 1.03 bits per heavy atom. The molecule has 0 unspecified atom stereocenters. The van der Waals surface area contributed by atoms with Crippen LogP contribution in [0.5, 0.6) is 0 Å². The maximum absolute atomic E-state index is 13.4. The molecule has 3 rings (SSSR count). The van der Waals surface area contributed by atoms with Crippen molar-refractivity contribution in [3.63, 3.8) is 0 Å². The van der Waals surface area contributed by atoms with E-state index < -0.39 is 15.8 Å². The molecule has 9 heteroatoms. The molecule has 0 atom stereocenters. The second-order valence-electron chi connectivity index (χ2n) is 7.47. The third-order valence-electron chi connectivity index (χ3n) is 5.19. The Morgan fingerprint density at radius 3 is 2.30 bits per heavy atom. The SMILES string of the molecule is CCN(CC)c1ccc(CNC(=O)c2ccc(NS(=O)(=O)c3ccc(F)c(C)c3)cc2)cn1. The van der Waals surface area contributed by atoms with Gasteiger partial charge in [0.1, 0.15) is 11.6 Å². The van der Waals surface area contributed by atoms with Crippen LogP contribution < -0.4 is 14.9 Å². The molecule has 7 nitrogen and oxygen atoms in total. The van der Waals surface area contributed by atoms with Crippen LogP contribution in [0.25, 0.3) is 0 Å². The van der Waals surface area contributed by atoms with E-state index in [2.05, 4.69) is 33.8 Å². The van der Waals surface area contributed by atoms with E-state index >= 15 is 0 Å². The molecule has 0 saturated heterocycles. The number of hydrogen-bond acceptors (Lipinski definition) is 5. The van der Waals surface area contributed by atoms with Gasteiger partial charge in [0, 0.05) is 37.1 Å². The molecule has 1 heterocycles. The van der Waals surface area contributed by atoms with Gasteiger partial charge >= 0.3 is 0 Å². The lowest BCUT2D eigenvalue weighted by atomic mass is 10.2. The number of carbonyl (C=O) groups is 1. The van der Waals surface area contributed by atoms with Crippen molar-refractivity contribution >= 4 is 27.4 Å². The summed E-state index contributed by atoms with van der Waals surface area (Å²) in [7, 11) is -3.87. The van der Waals surface area contributed by atoms with Crippen LogP contribution in [0.4, 0.5) is 15.9 Å². The molecule has 2 aromatic carbocycles. The van der Waals surface area contributed by atoms with E-state index in [1.807, 2.05) is 12.1 Å². The van der Waals surface area contributed by atoms with Crippen molar-refractivity contribution in [3.05, 3.63) is 83.3 Å². The molecule has 0 aliphatic heterocycles. The number of benzene rings is 2. The molecule has 1 aromatic heterocycles. The van der Waals surface area contributed by atoms with Gasteiger partial charge in [0.05, 0.1) is 4.90 Å². The van der Waals surface area contributed by atoms with Gasteiger partial charge in [-0.2, -0.15) is 0 Å². The van der Waals surface area contributed by atoms with Crippen LogP contribution in [-0.4, -0.2) is 32.4 Å². The van der Waals surface area contributed by atoms with Crippen molar-refractivity contribution in [1.29, 1.82) is 0 Å². The lowest BCUT2D eigenvalue weighted by molar-refractivity contribution is 0.0951. The molecule has 0 bridgehead atoms. The van der Waals surface area contributed by atoms with Crippen LogP contribution in [-0.2, 0) is 16.6 Å². The zero-order valence-corrected chi connectivity index (χ0v) is 19.6. The van der Waals surface area contributed by atoms with E-state index in [-0.39, 0.29) is 16.4 Å². The number of nitrogens with one attached hydrogen (secondary N) is 2. The summed E-state index contributed by atoms with van der Waals surface area (Å²) in [6.07, 6.45) is 1.74. The first-order chi connectivity index (χ1) is 15.7. The Bertz CT molecular complexity index is 1210. The average molecular weight is 471 g/mol. The molecule has 1 amide bonds. The lowest BCUT2D eigenvalue weighted by Gasteiger charge is -2.19. The summed E-state index contributed by atoms with van der Waals surface area (Å²) in [5, 5.41) is 2.83. The maximum atomic E-state index is 13.4. The zero-order chi connectivity index (χ0) is 24.0. The number of aryl methyl sites for hydroxylation is 1. The van der Waals surface area contributed by atoms with Gasteiger partial charge in [-0.15, -0.1) is 0 Å². The second-order valence-corrected chi connectivity index (χ2v) is 9.16. The zero-order valence-electron chi connectivity index (χ0n) is 18.8. The van der Waals surface area contributed by atoms with Crippen molar-refractivity contribution in [2.24, 2.45) is 0 Å².